The van der Waals surface area contributed by atoms with E-state index in [0.29, 0.717) is 30.6 Å². The number of rotatable bonds is 5. The fourth-order valence-electron chi connectivity index (χ4n) is 3.54. The van der Waals surface area contributed by atoms with Gasteiger partial charge in [-0.3, -0.25) is 14.5 Å². The highest BCUT2D eigenvalue weighted by Crippen LogP contribution is 2.23. The minimum Gasteiger partial charge on any atom is -0.431 e. The summed E-state index contributed by atoms with van der Waals surface area (Å²) >= 11 is 1.33. The van der Waals surface area contributed by atoms with Crippen LogP contribution < -0.4 is 0 Å². The number of hydrogen-bond donors (Lipinski definition) is 0. The third kappa shape index (κ3) is 4.44. The standard InChI is InChI=1S/C19H24N4O3S/c24-17(22-7-3-4-8-22)13-21-9-11-23(12-10-21)18(25)14-27-19-20-15-5-1-2-6-16(15)26-19/h1-2,5-6H,3-4,7-14H2. The number of benzene rings is 1. The quantitative estimate of drug-likeness (QED) is 0.726. The Morgan fingerprint density at radius 2 is 1.67 bits per heavy atom. The maximum atomic E-state index is 12.5. The lowest BCUT2D eigenvalue weighted by Gasteiger charge is -2.34. The molecule has 2 amide bonds. The predicted molar refractivity (Wildman–Crippen MR) is 104 cm³/mol. The molecule has 144 valence electrons. The van der Waals surface area contributed by atoms with Gasteiger partial charge in [-0.2, -0.15) is 0 Å². The number of likely N-dealkylation sites (tertiary alicyclic amines) is 1. The van der Waals surface area contributed by atoms with Crippen molar-refractivity contribution in [3.63, 3.8) is 0 Å². The second-order valence-electron chi connectivity index (χ2n) is 6.98. The molecule has 0 bridgehead atoms. The average Bonchev–Trinajstić information content (AvgIpc) is 3.36. The second-order valence-corrected chi connectivity index (χ2v) is 7.91. The molecule has 0 radical (unpaired) electrons. The molecule has 0 unspecified atom stereocenters. The number of fused-ring (bicyclic) bond motifs is 1. The van der Waals surface area contributed by atoms with E-state index >= 15 is 0 Å². The first kappa shape index (κ1) is 18.3. The molecule has 0 saturated carbocycles. The Hall–Kier alpha value is -2.06. The largest absolute Gasteiger partial charge is 0.431 e. The summed E-state index contributed by atoms with van der Waals surface area (Å²) in [5.41, 5.74) is 1.55. The lowest BCUT2D eigenvalue weighted by atomic mass is 10.3. The molecule has 3 heterocycles. The summed E-state index contributed by atoms with van der Waals surface area (Å²) in [7, 11) is 0. The molecule has 0 aliphatic carbocycles. The van der Waals surface area contributed by atoms with Gasteiger partial charge in [0, 0.05) is 39.3 Å². The molecular weight excluding hydrogens is 364 g/mol. The molecule has 2 aliphatic rings. The van der Waals surface area contributed by atoms with Crippen LogP contribution in [0.5, 0.6) is 0 Å². The molecule has 7 nitrogen and oxygen atoms in total. The van der Waals surface area contributed by atoms with Gasteiger partial charge in [0.25, 0.3) is 5.22 Å². The summed E-state index contributed by atoms with van der Waals surface area (Å²) in [4.78, 5) is 35.1. The molecular formula is C19H24N4O3S. The lowest BCUT2D eigenvalue weighted by Crippen LogP contribution is -2.51. The Kier molecular flexibility index (Phi) is 5.63. The van der Waals surface area contributed by atoms with Gasteiger partial charge in [-0.05, 0) is 25.0 Å². The zero-order chi connectivity index (χ0) is 18.6. The Morgan fingerprint density at radius 1 is 0.963 bits per heavy atom. The van der Waals surface area contributed by atoms with Crippen molar-refractivity contribution < 1.29 is 14.0 Å². The smallest absolute Gasteiger partial charge is 0.257 e. The maximum Gasteiger partial charge on any atom is 0.257 e. The zero-order valence-electron chi connectivity index (χ0n) is 15.3. The van der Waals surface area contributed by atoms with Crippen molar-refractivity contribution in [1.82, 2.24) is 19.7 Å². The van der Waals surface area contributed by atoms with E-state index < -0.39 is 0 Å². The third-order valence-corrected chi connectivity index (χ3v) is 5.95. The molecule has 4 rings (SSSR count). The molecule has 2 aromatic rings. The number of oxazole rings is 1. The van der Waals surface area contributed by atoms with Gasteiger partial charge in [0.15, 0.2) is 5.58 Å². The van der Waals surface area contributed by atoms with Crippen molar-refractivity contribution in [2.75, 3.05) is 51.6 Å². The maximum absolute atomic E-state index is 12.5. The van der Waals surface area contributed by atoms with Gasteiger partial charge in [-0.25, -0.2) is 4.98 Å². The van der Waals surface area contributed by atoms with Crippen LogP contribution in [0.2, 0.25) is 0 Å². The minimum absolute atomic E-state index is 0.0905. The molecule has 8 heteroatoms. The number of thioether (sulfide) groups is 1. The number of para-hydroxylation sites is 2. The molecule has 0 N–H and O–H groups in total. The van der Waals surface area contributed by atoms with Gasteiger partial charge in [0.2, 0.25) is 11.8 Å². The molecule has 1 aromatic carbocycles. The van der Waals surface area contributed by atoms with Crippen LogP contribution in [-0.4, -0.2) is 83.1 Å². The van der Waals surface area contributed by atoms with Crippen molar-refractivity contribution >= 4 is 34.7 Å². The second kappa shape index (κ2) is 8.31. The number of aromatic nitrogens is 1. The summed E-state index contributed by atoms with van der Waals surface area (Å²) in [6, 6.07) is 7.59. The van der Waals surface area contributed by atoms with Gasteiger partial charge in [-0.15, -0.1) is 0 Å². The minimum atomic E-state index is 0.0905. The van der Waals surface area contributed by atoms with Gasteiger partial charge in [0.1, 0.15) is 5.52 Å². The Bertz CT molecular complexity index is 777. The van der Waals surface area contributed by atoms with E-state index in [9.17, 15) is 9.59 Å². The number of nitrogens with zero attached hydrogens (tertiary/aromatic N) is 4. The van der Waals surface area contributed by atoms with Crippen molar-refractivity contribution in [2.45, 2.75) is 18.1 Å². The van der Waals surface area contributed by atoms with Crippen molar-refractivity contribution in [3.8, 4) is 0 Å². The fourth-order valence-corrected chi connectivity index (χ4v) is 4.28. The van der Waals surface area contributed by atoms with E-state index in [-0.39, 0.29) is 11.8 Å². The zero-order valence-corrected chi connectivity index (χ0v) is 16.1. The van der Waals surface area contributed by atoms with Crippen LogP contribution >= 0.6 is 11.8 Å². The van der Waals surface area contributed by atoms with Crippen LogP contribution in [0.25, 0.3) is 11.1 Å². The number of piperazine rings is 1. The monoisotopic (exact) mass is 388 g/mol. The molecule has 1 aromatic heterocycles. The van der Waals surface area contributed by atoms with Gasteiger partial charge in [0.05, 0.1) is 12.3 Å². The normalized spacial score (nSPS) is 18.4. The van der Waals surface area contributed by atoms with E-state index in [4.69, 9.17) is 4.42 Å². The van der Waals surface area contributed by atoms with Crippen molar-refractivity contribution in [2.24, 2.45) is 0 Å². The van der Waals surface area contributed by atoms with Crippen molar-refractivity contribution in [3.05, 3.63) is 24.3 Å². The average molecular weight is 388 g/mol. The van der Waals surface area contributed by atoms with E-state index in [1.165, 1.54) is 11.8 Å². The summed E-state index contributed by atoms with van der Waals surface area (Å²) in [6.07, 6.45) is 2.23. The highest BCUT2D eigenvalue weighted by molar-refractivity contribution is 7.99. The molecule has 27 heavy (non-hydrogen) atoms. The number of amides is 2. The first-order valence-corrected chi connectivity index (χ1v) is 10.4. The molecule has 0 atom stereocenters. The summed E-state index contributed by atoms with van der Waals surface area (Å²) in [5, 5.41) is 0.527. The highest BCUT2D eigenvalue weighted by Gasteiger charge is 2.25. The fraction of sp³-hybridized carbons (Fsp3) is 0.526. The van der Waals surface area contributed by atoms with Crippen LogP contribution in [0.1, 0.15) is 12.8 Å². The Labute approximate surface area is 162 Å². The SMILES string of the molecule is O=C(CSc1nc2ccccc2o1)N1CCN(CC(=O)N2CCCC2)CC1. The number of hydrogen-bond acceptors (Lipinski definition) is 6. The van der Waals surface area contributed by atoms with Gasteiger partial charge < -0.3 is 14.2 Å². The summed E-state index contributed by atoms with van der Waals surface area (Å²) in [6.45, 7) is 5.09. The third-order valence-electron chi connectivity index (χ3n) is 5.14. The van der Waals surface area contributed by atoms with Crippen LogP contribution in [0.15, 0.2) is 33.9 Å². The molecule has 0 spiro atoms. The van der Waals surface area contributed by atoms with Crippen LogP contribution in [-0.2, 0) is 9.59 Å². The van der Waals surface area contributed by atoms with E-state index in [1.54, 1.807) is 0 Å². The number of carbonyl (C=O) groups excluding carboxylic acids is 2. The van der Waals surface area contributed by atoms with Crippen LogP contribution in [0, 0.1) is 0 Å². The van der Waals surface area contributed by atoms with Gasteiger partial charge >= 0.3 is 0 Å². The van der Waals surface area contributed by atoms with Crippen LogP contribution in [0.4, 0.5) is 0 Å². The predicted octanol–water partition coefficient (Wildman–Crippen LogP) is 1.69. The topological polar surface area (TPSA) is 69.9 Å². The van der Waals surface area contributed by atoms with E-state index in [0.717, 1.165) is 50.1 Å². The Balaban J connectivity index is 1.22. The summed E-state index contributed by atoms with van der Waals surface area (Å²) < 4.78 is 5.65. The first-order chi connectivity index (χ1) is 13.2. The number of carbonyl (C=O) groups is 2. The van der Waals surface area contributed by atoms with E-state index in [1.807, 2.05) is 34.1 Å². The Morgan fingerprint density at radius 3 is 2.41 bits per heavy atom. The molecule has 2 fully saturated rings. The molecule has 2 saturated heterocycles. The van der Waals surface area contributed by atoms with Crippen LogP contribution in [0.3, 0.4) is 0 Å². The van der Waals surface area contributed by atoms with Gasteiger partial charge in [-0.1, -0.05) is 23.9 Å². The molecule has 2 aliphatic heterocycles. The van der Waals surface area contributed by atoms with E-state index in [2.05, 4.69) is 9.88 Å². The highest BCUT2D eigenvalue weighted by atomic mass is 32.2. The summed E-state index contributed by atoms with van der Waals surface area (Å²) in [5.74, 6) is 0.631. The lowest BCUT2D eigenvalue weighted by molar-refractivity contribution is -0.133. The van der Waals surface area contributed by atoms with Crippen molar-refractivity contribution in [1.29, 1.82) is 0 Å². The first-order valence-electron chi connectivity index (χ1n) is 9.45.